The molecule has 1 atom stereocenters. The summed E-state index contributed by atoms with van der Waals surface area (Å²) in [5.74, 6) is 1.31. The molecule has 2 N–H and O–H groups in total. The Morgan fingerprint density at radius 3 is 3.00 bits per heavy atom. The Labute approximate surface area is 77.9 Å². The minimum absolute atomic E-state index is 0.101. The van der Waals surface area contributed by atoms with E-state index in [4.69, 9.17) is 10.5 Å². The summed E-state index contributed by atoms with van der Waals surface area (Å²) in [7, 11) is 1.63. The Kier molecular flexibility index (Phi) is 2.19. The molecule has 2 rings (SSSR count). The molecule has 0 radical (unpaired) electrons. The lowest BCUT2D eigenvalue weighted by atomic mass is 10.1. The molecule has 0 spiro atoms. The van der Waals surface area contributed by atoms with E-state index in [9.17, 15) is 0 Å². The zero-order chi connectivity index (χ0) is 9.26. The smallest absolute Gasteiger partial charge is 0.217 e. The maximum atomic E-state index is 6.06. The summed E-state index contributed by atoms with van der Waals surface area (Å²) in [6.07, 6.45) is 4.19. The molecular formula is C10H14N2O. The molecule has 1 saturated carbocycles. The summed E-state index contributed by atoms with van der Waals surface area (Å²) in [5.41, 5.74) is 7.09. The van der Waals surface area contributed by atoms with Crippen LogP contribution >= 0.6 is 0 Å². The van der Waals surface area contributed by atoms with Gasteiger partial charge in [0.05, 0.1) is 7.11 Å². The number of aromatic nitrogens is 1. The zero-order valence-electron chi connectivity index (χ0n) is 7.73. The lowest BCUT2D eigenvalue weighted by molar-refractivity contribution is 0.386. The Morgan fingerprint density at radius 2 is 2.38 bits per heavy atom. The number of methoxy groups -OCH3 is 1. The highest BCUT2D eigenvalue weighted by atomic mass is 16.5. The highest BCUT2D eigenvalue weighted by molar-refractivity contribution is 5.29. The fourth-order valence-electron chi connectivity index (χ4n) is 1.54. The molecule has 0 saturated heterocycles. The molecule has 0 aromatic carbocycles. The van der Waals surface area contributed by atoms with Gasteiger partial charge in [0.25, 0.3) is 0 Å². The molecule has 3 heteroatoms. The third kappa shape index (κ3) is 1.65. The molecule has 0 bridgehead atoms. The highest BCUT2D eigenvalue weighted by Crippen LogP contribution is 2.41. The standard InChI is InChI=1S/C10H14N2O/c1-13-10-8(3-2-6-12-10)9(11)7-4-5-7/h2-3,6-7,9H,4-5,11H2,1H3/t9-/m1/s1. The van der Waals surface area contributed by atoms with Crippen LogP contribution in [0, 0.1) is 5.92 Å². The van der Waals surface area contributed by atoms with E-state index in [-0.39, 0.29) is 6.04 Å². The SMILES string of the molecule is COc1ncccc1[C@H](N)C1CC1. The Hall–Kier alpha value is -1.09. The molecule has 0 aliphatic heterocycles. The van der Waals surface area contributed by atoms with Crippen LogP contribution in [0.3, 0.4) is 0 Å². The summed E-state index contributed by atoms with van der Waals surface area (Å²) in [6, 6.07) is 4.00. The lowest BCUT2D eigenvalue weighted by Gasteiger charge is -2.13. The minimum atomic E-state index is 0.101. The van der Waals surface area contributed by atoms with Gasteiger partial charge in [0.2, 0.25) is 5.88 Å². The molecule has 1 aromatic heterocycles. The summed E-state index contributed by atoms with van der Waals surface area (Å²) in [5, 5.41) is 0. The summed E-state index contributed by atoms with van der Waals surface area (Å²) in [6.45, 7) is 0. The number of nitrogens with two attached hydrogens (primary N) is 1. The monoisotopic (exact) mass is 178 g/mol. The van der Waals surface area contributed by atoms with Crippen molar-refractivity contribution in [3.05, 3.63) is 23.9 Å². The van der Waals surface area contributed by atoms with Gasteiger partial charge in [0.15, 0.2) is 0 Å². The normalized spacial score (nSPS) is 18.3. The molecule has 1 aliphatic rings. The Morgan fingerprint density at radius 1 is 1.62 bits per heavy atom. The predicted octanol–water partition coefficient (Wildman–Crippen LogP) is 1.50. The number of nitrogens with zero attached hydrogens (tertiary/aromatic N) is 1. The molecule has 1 heterocycles. The van der Waals surface area contributed by atoms with Crippen molar-refractivity contribution in [3.8, 4) is 5.88 Å². The van der Waals surface area contributed by atoms with E-state index >= 15 is 0 Å². The molecule has 0 unspecified atom stereocenters. The second kappa shape index (κ2) is 3.34. The van der Waals surface area contributed by atoms with E-state index in [1.807, 2.05) is 12.1 Å². The van der Waals surface area contributed by atoms with E-state index in [0.717, 1.165) is 5.56 Å². The summed E-state index contributed by atoms with van der Waals surface area (Å²) in [4.78, 5) is 4.13. The van der Waals surface area contributed by atoms with Crippen molar-refractivity contribution in [2.75, 3.05) is 7.11 Å². The van der Waals surface area contributed by atoms with Crippen LogP contribution in [0.25, 0.3) is 0 Å². The molecule has 0 amide bonds. The molecule has 70 valence electrons. The van der Waals surface area contributed by atoms with Gasteiger partial charge in [-0.25, -0.2) is 4.98 Å². The van der Waals surface area contributed by atoms with E-state index in [1.165, 1.54) is 12.8 Å². The molecule has 1 aromatic rings. The second-order valence-electron chi connectivity index (χ2n) is 3.47. The first-order chi connectivity index (χ1) is 6.33. The first-order valence-electron chi connectivity index (χ1n) is 4.57. The average Bonchev–Trinajstić information content (AvgIpc) is 3.00. The van der Waals surface area contributed by atoms with E-state index in [2.05, 4.69) is 4.98 Å². The topological polar surface area (TPSA) is 48.1 Å². The first-order valence-corrected chi connectivity index (χ1v) is 4.57. The molecule has 3 nitrogen and oxygen atoms in total. The lowest BCUT2D eigenvalue weighted by Crippen LogP contribution is -2.13. The maximum Gasteiger partial charge on any atom is 0.217 e. The van der Waals surface area contributed by atoms with Crippen molar-refractivity contribution < 1.29 is 4.74 Å². The molecular weight excluding hydrogens is 164 g/mol. The van der Waals surface area contributed by atoms with Crippen molar-refractivity contribution in [2.45, 2.75) is 18.9 Å². The fraction of sp³-hybridized carbons (Fsp3) is 0.500. The van der Waals surface area contributed by atoms with Crippen LogP contribution in [-0.2, 0) is 0 Å². The summed E-state index contributed by atoms with van der Waals surface area (Å²) >= 11 is 0. The van der Waals surface area contributed by atoms with Gasteiger partial charge in [-0.3, -0.25) is 0 Å². The quantitative estimate of drug-likeness (QED) is 0.763. The second-order valence-corrected chi connectivity index (χ2v) is 3.47. The third-order valence-electron chi connectivity index (χ3n) is 2.48. The number of pyridine rings is 1. The van der Waals surface area contributed by atoms with Gasteiger partial charge in [-0.1, -0.05) is 6.07 Å². The van der Waals surface area contributed by atoms with Crippen LogP contribution in [0.1, 0.15) is 24.4 Å². The van der Waals surface area contributed by atoms with E-state index in [1.54, 1.807) is 13.3 Å². The van der Waals surface area contributed by atoms with E-state index < -0.39 is 0 Å². The van der Waals surface area contributed by atoms with Crippen molar-refractivity contribution in [1.29, 1.82) is 0 Å². The van der Waals surface area contributed by atoms with Crippen LogP contribution in [0.2, 0.25) is 0 Å². The van der Waals surface area contributed by atoms with Crippen molar-refractivity contribution in [3.63, 3.8) is 0 Å². The van der Waals surface area contributed by atoms with Gasteiger partial charge in [-0.15, -0.1) is 0 Å². The maximum absolute atomic E-state index is 6.06. The van der Waals surface area contributed by atoms with Crippen LogP contribution < -0.4 is 10.5 Å². The first kappa shape index (κ1) is 8.51. The third-order valence-corrected chi connectivity index (χ3v) is 2.48. The van der Waals surface area contributed by atoms with Gasteiger partial charge in [0, 0.05) is 17.8 Å². The van der Waals surface area contributed by atoms with Crippen molar-refractivity contribution in [1.82, 2.24) is 4.98 Å². The van der Waals surface area contributed by atoms with Crippen LogP contribution in [0.15, 0.2) is 18.3 Å². The fourth-order valence-corrected chi connectivity index (χ4v) is 1.54. The van der Waals surface area contributed by atoms with Gasteiger partial charge in [-0.05, 0) is 24.8 Å². The van der Waals surface area contributed by atoms with E-state index in [0.29, 0.717) is 11.8 Å². The number of hydrogen-bond acceptors (Lipinski definition) is 3. The average molecular weight is 178 g/mol. The van der Waals surface area contributed by atoms with Crippen LogP contribution in [0.4, 0.5) is 0 Å². The van der Waals surface area contributed by atoms with Gasteiger partial charge < -0.3 is 10.5 Å². The van der Waals surface area contributed by atoms with Crippen molar-refractivity contribution >= 4 is 0 Å². The number of hydrogen-bond donors (Lipinski definition) is 1. The number of rotatable bonds is 3. The van der Waals surface area contributed by atoms with Gasteiger partial charge in [-0.2, -0.15) is 0 Å². The van der Waals surface area contributed by atoms with Crippen LogP contribution in [-0.4, -0.2) is 12.1 Å². The molecule has 13 heavy (non-hydrogen) atoms. The zero-order valence-corrected chi connectivity index (χ0v) is 7.73. The molecule has 1 fully saturated rings. The Balaban J connectivity index is 2.26. The van der Waals surface area contributed by atoms with Crippen molar-refractivity contribution in [2.24, 2.45) is 11.7 Å². The van der Waals surface area contributed by atoms with Gasteiger partial charge in [0.1, 0.15) is 0 Å². The molecule has 1 aliphatic carbocycles. The predicted molar refractivity (Wildman–Crippen MR) is 50.4 cm³/mol. The van der Waals surface area contributed by atoms with Gasteiger partial charge >= 0.3 is 0 Å². The van der Waals surface area contributed by atoms with Crippen LogP contribution in [0.5, 0.6) is 5.88 Å². The number of ether oxygens (including phenoxy) is 1. The highest BCUT2D eigenvalue weighted by Gasteiger charge is 2.31. The summed E-state index contributed by atoms with van der Waals surface area (Å²) < 4.78 is 5.15. The minimum Gasteiger partial charge on any atom is -0.481 e. The Bertz CT molecular complexity index is 297. The largest absolute Gasteiger partial charge is 0.481 e.